The Morgan fingerprint density at radius 1 is 1.42 bits per heavy atom. The number of rotatable bonds is 0. The minimum Gasteiger partial charge on any atom is -0.493 e. The fourth-order valence-corrected chi connectivity index (χ4v) is 1.48. The van der Waals surface area contributed by atoms with Gasteiger partial charge < -0.3 is 4.74 Å². The van der Waals surface area contributed by atoms with E-state index in [9.17, 15) is 4.39 Å². The van der Waals surface area contributed by atoms with Gasteiger partial charge in [0.1, 0.15) is 11.6 Å². The standard InChI is InChI=1S/C9H7FOS/c10-6-1-2-8-7(5-6)9(12)3-4-11-8/h1-2,5H,3-4H2. The number of thiocarbonyl (C=S) groups is 1. The number of fused-ring (bicyclic) bond motifs is 1. The minimum absolute atomic E-state index is 0.262. The second-order valence-corrected chi connectivity index (χ2v) is 3.15. The van der Waals surface area contributed by atoms with E-state index in [1.807, 2.05) is 0 Å². The molecule has 0 bridgehead atoms. The summed E-state index contributed by atoms with van der Waals surface area (Å²) in [7, 11) is 0. The largest absolute Gasteiger partial charge is 0.493 e. The predicted octanol–water partition coefficient (Wildman–Crippen LogP) is 2.33. The molecule has 0 aromatic heterocycles. The molecular formula is C9H7FOS. The number of benzene rings is 1. The molecule has 3 heteroatoms. The summed E-state index contributed by atoms with van der Waals surface area (Å²) in [5, 5.41) is 0. The summed E-state index contributed by atoms with van der Waals surface area (Å²) in [6.45, 7) is 0.609. The smallest absolute Gasteiger partial charge is 0.127 e. The van der Waals surface area contributed by atoms with E-state index >= 15 is 0 Å². The zero-order chi connectivity index (χ0) is 8.55. The van der Waals surface area contributed by atoms with E-state index in [1.54, 1.807) is 6.07 Å². The zero-order valence-corrected chi connectivity index (χ0v) is 7.16. The van der Waals surface area contributed by atoms with Gasteiger partial charge in [0.05, 0.1) is 6.61 Å². The average Bonchev–Trinajstić information content (AvgIpc) is 2.07. The quantitative estimate of drug-likeness (QED) is 0.569. The molecule has 1 aliphatic rings. The molecule has 1 aliphatic heterocycles. The first kappa shape index (κ1) is 7.68. The molecule has 0 atom stereocenters. The molecule has 0 aliphatic carbocycles. The van der Waals surface area contributed by atoms with Crippen LogP contribution in [0, 0.1) is 5.82 Å². The van der Waals surface area contributed by atoms with Crippen molar-refractivity contribution >= 4 is 17.1 Å². The molecule has 1 nitrogen and oxygen atoms in total. The lowest BCUT2D eigenvalue weighted by Crippen LogP contribution is -2.14. The van der Waals surface area contributed by atoms with Gasteiger partial charge in [-0.25, -0.2) is 4.39 Å². The maximum Gasteiger partial charge on any atom is 0.127 e. The number of hydrogen-bond acceptors (Lipinski definition) is 2. The molecule has 2 rings (SSSR count). The van der Waals surface area contributed by atoms with Crippen LogP contribution in [0.15, 0.2) is 18.2 Å². The molecule has 0 radical (unpaired) electrons. The van der Waals surface area contributed by atoms with Crippen molar-refractivity contribution in [3.05, 3.63) is 29.6 Å². The van der Waals surface area contributed by atoms with Gasteiger partial charge in [-0.3, -0.25) is 0 Å². The van der Waals surface area contributed by atoms with Crippen LogP contribution >= 0.6 is 12.2 Å². The summed E-state index contributed by atoms with van der Waals surface area (Å²) < 4.78 is 18.0. The zero-order valence-electron chi connectivity index (χ0n) is 6.34. The van der Waals surface area contributed by atoms with Crippen molar-refractivity contribution in [2.45, 2.75) is 6.42 Å². The summed E-state index contributed by atoms with van der Waals surface area (Å²) >= 11 is 5.07. The van der Waals surface area contributed by atoms with E-state index in [-0.39, 0.29) is 5.82 Å². The summed E-state index contributed by atoms with van der Waals surface area (Å²) in [5.74, 6) is 0.439. The lowest BCUT2D eigenvalue weighted by Gasteiger charge is -2.17. The molecule has 0 N–H and O–H groups in total. The molecule has 1 aromatic carbocycles. The van der Waals surface area contributed by atoms with Gasteiger partial charge in [-0.1, -0.05) is 12.2 Å². The van der Waals surface area contributed by atoms with Crippen LogP contribution in [0.25, 0.3) is 0 Å². The van der Waals surface area contributed by atoms with Gasteiger partial charge in [-0.15, -0.1) is 0 Å². The van der Waals surface area contributed by atoms with Crippen molar-refractivity contribution < 1.29 is 9.13 Å². The molecule has 0 saturated heterocycles. The molecule has 1 heterocycles. The van der Waals surface area contributed by atoms with Gasteiger partial charge >= 0.3 is 0 Å². The Hall–Kier alpha value is -0.960. The van der Waals surface area contributed by atoms with Crippen molar-refractivity contribution in [1.82, 2.24) is 0 Å². The van der Waals surface area contributed by atoms with E-state index in [1.165, 1.54) is 12.1 Å². The minimum atomic E-state index is -0.262. The first-order valence-electron chi connectivity index (χ1n) is 3.73. The Kier molecular flexibility index (Phi) is 1.81. The van der Waals surface area contributed by atoms with Crippen molar-refractivity contribution in [3.63, 3.8) is 0 Å². The van der Waals surface area contributed by atoms with Crippen LogP contribution in [-0.4, -0.2) is 11.5 Å². The SMILES string of the molecule is Fc1ccc2c(c1)C(=S)CCO2. The summed E-state index contributed by atoms with van der Waals surface area (Å²) in [5.41, 5.74) is 0.733. The lowest BCUT2D eigenvalue weighted by atomic mass is 10.1. The fraction of sp³-hybridized carbons (Fsp3) is 0.222. The monoisotopic (exact) mass is 182 g/mol. The topological polar surface area (TPSA) is 9.23 Å². The van der Waals surface area contributed by atoms with Crippen LogP contribution in [-0.2, 0) is 0 Å². The molecule has 12 heavy (non-hydrogen) atoms. The Labute approximate surface area is 75.2 Å². The lowest BCUT2D eigenvalue weighted by molar-refractivity contribution is 0.321. The highest BCUT2D eigenvalue weighted by Gasteiger charge is 2.15. The van der Waals surface area contributed by atoms with Crippen LogP contribution in [0.5, 0.6) is 5.75 Å². The van der Waals surface area contributed by atoms with E-state index in [0.29, 0.717) is 18.8 Å². The third-order valence-electron chi connectivity index (χ3n) is 1.83. The molecule has 0 saturated carbocycles. The van der Waals surface area contributed by atoms with E-state index in [4.69, 9.17) is 17.0 Å². The van der Waals surface area contributed by atoms with Gasteiger partial charge in [0.2, 0.25) is 0 Å². The highest BCUT2D eigenvalue weighted by molar-refractivity contribution is 7.80. The van der Waals surface area contributed by atoms with Gasteiger partial charge in [0.25, 0.3) is 0 Å². The molecular weight excluding hydrogens is 175 g/mol. The highest BCUT2D eigenvalue weighted by atomic mass is 32.1. The van der Waals surface area contributed by atoms with Crippen LogP contribution < -0.4 is 4.74 Å². The molecule has 1 aromatic rings. The van der Waals surface area contributed by atoms with E-state index in [2.05, 4.69) is 0 Å². The predicted molar refractivity (Wildman–Crippen MR) is 48.2 cm³/mol. The number of ether oxygens (including phenoxy) is 1. The maximum absolute atomic E-state index is 12.8. The van der Waals surface area contributed by atoms with Crippen LogP contribution in [0.4, 0.5) is 4.39 Å². The summed E-state index contributed by atoms with van der Waals surface area (Å²) in [6.07, 6.45) is 0.714. The summed E-state index contributed by atoms with van der Waals surface area (Å²) in [6, 6.07) is 4.43. The first-order chi connectivity index (χ1) is 5.77. The Morgan fingerprint density at radius 2 is 2.25 bits per heavy atom. The molecule has 62 valence electrons. The van der Waals surface area contributed by atoms with E-state index in [0.717, 1.165) is 10.4 Å². The van der Waals surface area contributed by atoms with Crippen LogP contribution in [0.2, 0.25) is 0 Å². The third kappa shape index (κ3) is 1.20. The van der Waals surface area contributed by atoms with Crippen LogP contribution in [0.3, 0.4) is 0 Å². The number of hydrogen-bond donors (Lipinski definition) is 0. The fourth-order valence-electron chi connectivity index (χ4n) is 1.23. The third-order valence-corrected chi connectivity index (χ3v) is 2.25. The average molecular weight is 182 g/mol. The maximum atomic E-state index is 12.8. The van der Waals surface area contributed by atoms with Crippen molar-refractivity contribution in [2.24, 2.45) is 0 Å². The Bertz CT molecular complexity index is 335. The van der Waals surface area contributed by atoms with Gasteiger partial charge in [-0.05, 0) is 18.2 Å². The molecule has 0 amide bonds. The normalized spacial score (nSPS) is 15.2. The van der Waals surface area contributed by atoms with Crippen molar-refractivity contribution in [1.29, 1.82) is 0 Å². The van der Waals surface area contributed by atoms with Crippen LogP contribution in [0.1, 0.15) is 12.0 Å². The van der Waals surface area contributed by atoms with Gasteiger partial charge in [0, 0.05) is 16.8 Å². The van der Waals surface area contributed by atoms with Gasteiger partial charge in [0.15, 0.2) is 0 Å². The van der Waals surface area contributed by atoms with Crippen molar-refractivity contribution in [2.75, 3.05) is 6.61 Å². The number of halogens is 1. The molecule has 0 spiro atoms. The molecule has 0 fully saturated rings. The second kappa shape index (κ2) is 2.83. The summed E-state index contributed by atoms with van der Waals surface area (Å²) in [4.78, 5) is 0.788. The molecule has 0 unspecified atom stereocenters. The Balaban J connectivity index is 2.54. The first-order valence-corrected chi connectivity index (χ1v) is 4.14. The second-order valence-electron chi connectivity index (χ2n) is 2.66. The highest BCUT2D eigenvalue weighted by Crippen LogP contribution is 2.25. The van der Waals surface area contributed by atoms with E-state index < -0.39 is 0 Å². The Morgan fingerprint density at radius 3 is 3.08 bits per heavy atom. The van der Waals surface area contributed by atoms with Gasteiger partial charge in [-0.2, -0.15) is 0 Å². The van der Waals surface area contributed by atoms with Crippen molar-refractivity contribution in [3.8, 4) is 5.75 Å².